The zero-order valence-electron chi connectivity index (χ0n) is 7.00. The van der Waals surface area contributed by atoms with Crippen LogP contribution in [-0.2, 0) is 14.3 Å². The first-order valence-electron chi connectivity index (χ1n) is 3.64. The normalized spacial score (nSPS) is 8.33. The Morgan fingerprint density at radius 2 is 2.33 bits per heavy atom. The molecule has 0 heterocycles. The number of unbranched alkanes of at least 4 members (excludes halogenated alkanes) is 1. The van der Waals surface area contributed by atoms with Gasteiger partial charge in [0.2, 0.25) is 0 Å². The summed E-state index contributed by atoms with van der Waals surface area (Å²) in [5, 5.41) is 7.97. The Morgan fingerprint density at radius 1 is 1.67 bits per heavy atom. The van der Waals surface area contributed by atoms with Crippen molar-refractivity contribution >= 4 is 5.97 Å². The SMILES string of the molecule is C=C(OCCCC)C(=O)OC#N. The maximum atomic E-state index is 10.7. The molecular formula is C8H11NO3. The van der Waals surface area contributed by atoms with E-state index in [1.54, 1.807) is 0 Å². The molecule has 4 nitrogen and oxygen atoms in total. The highest BCUT2D eigenvalue weighted by Crippen LogP contribution is 1.98. The van der Waals surface area contributed by atoms with Gasteiger partial charge in [-0.2, -0.15) is 0 Å². The molecule has 0 spiro atoms. The molecule has 0 aliphatic carbocycles. The molecule has 0 fully saturated rings. The van der Waals surface area contributed by atoms with Crippen molar-refractivity contribution in [2.24, 2.45) is 0 Å². The first-order chi connectivity index (χ1) is 5.72. The van der Waals surface area contributed by atoms with Crippen molar-refractivity contribution in [1.29, 1.82) is 5.26 Å². The Balaban J connectivity index is 3.59. The second-order valence-electron chi connectivity index (χ2n) is 2.11. The second-order valence-corrected chi connectivity index (χ2v) is 2.11. The van der Waals surface area contributed by atoms with Gasteiger partial charge >= 0.3 is 5.97 Å². The fraction of sp³-hybridized carbons (Fsp3) is 0.500. The number of carbonyl (C=O) groups excluding carboxylic acids is 1. The highest BCUT2D eigenvalue weighted by Gasteiger charge is 2.08. The van der Waals surface area contributed by atoms with Crippen LogP contribution in [-0.4, -0.2) is 12.6 Å². The van der Waals surface area contributed by atoms with E-state index in [9.17, 15) is 4.79 Å². The molecule has 0 saturated carbocycles. The van der Waals surface area contributed by atoms with Crippen LogP contribution in [0.3, 0.4) is 0 Å². The third-order valence-corrected chi connectivity index (χ3v) is 1.14. The Kier molecular flexibility index (Phi) is 5.45. The summed E-state index contributed by atoms with van der Waals surface area (Å²) >= 11 is 0. The number of hydrogen-bond acceptors (Lipinski definition) is 4. The third-order valence-electron chi connectivity index (χ3n) is 1.14. The lowest BCUT2D eigenvalue weighted by Gasteiger charge is -2.03. The van der Waals surface area contributed by atoms with Crippen LogP contribution in [0.2, 0.25) is 0 Å². The number of nitriles is 1. The van der Waals surface area contributed by atoms with E-state index in [2.05, 4.69) is 11.3 Å². The van der Waals surface area contributed by atoms with Crippen LogP contribution in [0.4, 0.5) is 0 Å². The standard InChI is InChI=1S/C8H11NO3/c1-3-4-5-11-7(2)8(10)12-6-9/h2-5H2,1H3. The summed E-state index contributed by atoms with van der Waals surface area (Å²) in [6.07, 6.45) is 3.07. The lowest BCUT2D eigenvalue weighted by molar-refractivity contribution is -0.136. The van der Waals surface area contributed by atoms with Crippen LogP contribution >= 0.6 is 0 Å². The topological polar surface area (TPSA) is 59.3 Å². The van der Waals surface area contributed by atoms with Gasteiger partial charge in [0.05, 0.1) is 6.61 Å². The monoisotopic (exact) mass is 169 g/mol. The Labute approximate surface area is 71.4 Å². The van der Waals surface area contributed by atoms with E-state index in [1.165, 1.54) is 6.26 Å². The maximum absolute atomic E-state index is 10.7. The quantitative estimate of drug-likeness (QED) is 0.205. The summed E-state index contributed by atoms with van der Waals surface area (Å²) in [5.41, 5.74) is 0. The summed E-state index contributed by atoms with van der Waals surface area (Å²) in [6, 6.07) is 0. The molecule has 0 aliphatic heterocycles. The molecule has 4 heteroatoms. The smallest absolute Gasteiger partial charge is 0.388 e. The van der Waals surface area contributed by atoms with Crippen LogP contribution in [0.1, 0.15) is 19.8 Å². The lowest BCUT2D eigenvalue weighted by atomic mass is 10.4. The zero-order valence-corrected chi connectivity index (χ0v) is 7.00. The summed E-state index contributed by atoms with van der Waals surface area (Å²) in [5.74, 6) is -0.946. The number of esters is 1. The Hall–Kier alpha value is -1.50. The van der Waals surface area contributed by atoms with Gasteiger partial charge < -0.3 is 9.47 Å². The van der Waals surface area contributed by atoms with E-state index in [-0.39, 0.29) is 5.76 Å². The molecule has 0 N–H and O–H groups in total. The largest absolute Gasteiger partial charge is 0.487 e. The van der Waals surface area contributed by atoms with Gasteiger partial charge in [-0.1, -0.05) is 13.3 Å². The molecule has 66 valence electrons. The summed E-state index contributed by atoms with van der Waals surface area (Å²) in [4.78, 5) is 10.7. The van der Waals surface area contributed by atoms with Gasteiger partial charge in [0.15, 0.2) is 5.76 Å². The predicted octanol–water partition coefficient (Wildman–Crippen LogP) is 1.34. The first kappa shape index (κ1) is 10.5. The Bertz CT molecular complexity index is 205. The zero-order chi connectivity index (χ0) is 9.40. The highest BCUT2D eigenvalue weighted by molar-refractivity contribution is 5.86. The van der Waals surface area contributed by atoms with E-state index in [4.69, 9.17) is 10.00 Å². The summed E-state index contributed by atoms with van der Waals surface area (Å²) < 4.78 is 8.85. The minimum atomic E-state index is -0.825. The molecule has 12 heavy (non-hydrogen) atoms. The highest BCUT2D eigenvalue weighted by atomic mass is 16.6. The van der Waals surface area contributed by atoms with Crippen LogP contribution < -0.4 is 0 Å². The first-order valence-corrected chi connectivity index (χ1v) is 3.64. The molecule has 0 radical (unpaired) electrons. The van der Waals surface area contributed by atoms with Crippen molar-refractivity contribution in [3.05, 3.63) is 12.3 Å². The van der Waals surface area contributed by atoms with Gasteiger partial charge in [-0.25, -0.2) is 4.79 Å². The minimum Gasteiger partial charge on any atom is -0.487 e. The number of carbonyl (C=O) groups is 1. The van der Waals surface area contributed by atoms with Gasteiger partial charge in [0, 0.05) is 0 Å². The molecule has 0 unspecified atom stereocenters. The number of ether oxygens (including phenoxy) is 2. The molecule has 0 aromatic rings. The molecule has 0 aliphatic rings. The van der Waals surface area contributed by atoms with Crippen molar-refractivity contribution in [3.63, 3.8) is 0 Å². The van der Waals surface area contributed by atoms with Gasteiger partial charge in [-0.15, -0.1) is 5.26 Å². The van der Waals surface area contributed by atoms with Crippen LogP contribution in [0, 0.1) is 11.5 Å². The van der Waals surface area contributed by atoms with Crippen molar-refractivity contribution in [2.75, 3.05) is 6.61 Å². The average Bonchev–Trinajstić information content (AvgIpc) is 2.05. The maximum Gasteiger partial charge on any atom is 0.388 e. The van der Waals surface area contributed by atoms with Crippen molar-refractivity contribution in [2.45, 2.75) is 19.8 Å². The molecule has 0 aromatic heterocycles. The van der Waals surface area contributed by atoms with E-state index in [0.717, 1.165) is 12.8 Å². The van der Waals surface area contributed by atoms with E-state index in [0.29, 0.717) is 6.61 Å². The molecule has 0 saturated heterocycles. The second kappa shape index (κ2) is 6.23. The van der Waals surface area contributed by atoms with Gasteiger partial charge in [0.1, 0.15) is 0 Å². The molecule has 0 bridgehead atoms. The molecule has 0 atom stereocenters. The van der Waals surface area contributed by atoms with E-state index in [1.807, 2.05) is 6.92 Å². The van der Waals surface area contributed by atoms with E-state index >= 15 is 0 Å². The fourth-order valence-electron chi connectivity index (χ4n) is 0.497. The number of rotatable bonds is 5. The minimum absolute atomic E-state index is 0.120. The van der Waals surface area contributed by atoms with E-state index < -0.39 is 5.97 Å². The van der Waals surface area contributed by atoms with Crippen LogP contribution in [0.15, 0.2) is 12.3 Å². The summed E-state index contributed by atoms with van der Waals surface area (Å²) in [7, 11) is 0. The Morgan fingerprint density at radius 3 is 2.83 bits per heavy atom. The fourth-order valence-corrected chi connectivity index (χ4v) is 0.497. The van der Waals surface area contributed by atoms with Crippen LogP contribution in [0.25, 0.3) is 0 Å². The lowest BCUT2D eigenvalue weighted by Crippen LogP contribution is -2.07. The molecule has 0 rings (SSSR count). The predicted molar refractivity (Wildman–Crippen MR) is 41.7 cm³/mol. The van der Waals surface area contributed by atoms with Crippen molar-refractivity contribution < 1.29 is 14.3 Å². The van der Waals surface area contributed by atoms with Crippen molar-refractivity contribution in [3.8, 4) is 6.26 Å². The van der Waals surface area contributed by atoms with Crippen LogP contribution in [0.5, 0.6) is 0 Å². The number of nitrogens with zero attached hydrogens (tertiary/aromatic N) is 1. The van der Waals surface area contributed by atoms with Gasteiger partial charge in [-0.05, 0) is 13.0 Å². The third kappa shape index (κ3) is 4.34. The van der Waals surface area contributed by atoms with Gasteiger partial charge in [0.25, 0.3) is 6.26 Å². The molecule has 0 amide bonds. The average molecular weight is 169 g/mol. The van der Waals surface area contributed by atoms with Crippen molar-refractivity contribution in [1.82, 2.24) is 0 Å². The van der Waals surface area contributed by atoms with Gasteiger partial charge in [-0.3, -0.25) is 0 Å². The molecule has 0 aromatic carbocycles. The molecular weight excluding hydrogens is 158 g/mol. The summed E-state index contributed by atoms with van der Waals surface area (Å²) in [6.45, 7) is 5.72. The number of hydrogen-bond donors (Lipinski definition) is 0.